The van der Waals surface area contributed by atoms with E-state index < -0.39 is 0 Å². The van der Waals surface area contributed by atoms with Crippen molar-refractivity contribution in [2.45, 2.75) is 5.41 Å². The van der Waals surface area contributed by atoms with Crippen LogP contribution in [-0.4, -0.2) is 15.0 Å². The first-order valence-corrected chi connectivity index (χ1v) is 21.9. The van der Waals surface area contributed by atoms with Crippen LogP contribution in [-0.2, 0) is 5.41 Å². The normalized spacial score (nSPS) is 13.0. The third kappa shape index (κ3) is 5.14. The van der Waals surface area contributed by atoms with Crippen LogP contribution >= 0.6 is 11.3 Å². The molecule has 13 rings (SSSR count). The first kappa shape index (κ1) is 35.0. The highest BCUT2D eigenvalue weighted by Gasteiger charge is 2.51. The second-order valence-electron chi connectivity index (χ2n) is 16.3. The van der Waals surface area contributed by atoms with Gasteiger partial charge in [0.2, 0.25) is 0 Å². The summed E-state index contributed by atoms with van der Waals surface area (Å²) in [6, 6.07) is 76.9. The Morgan fingerprint density at radius 2 is 0.742 bits per heavy atom. The molecule has 2 aliphatic carbocycles. The lowest BCUT2D eigenvalue weighted by Gasteiger charge is -2.30. The fourth-order valence-corrected chi connectivity index (χ4v) is 11.5. The minimum atomic E-state index is -0.383. The van der Waals surface area contributed by atoms with Gasteiger partial charge in [0.05, 0.1) is 5.41 Å². The van der Waals surface area contributed by atoms with E-state index in [-0.39, 0.29) is 5.41 Å². The van der Waals surface area contributed by atoms with E-state index in [1.165, 1.54) is 75.8 Å². The van der Waals surface area contributed by atoms with Gasteiger partial charge in [0.15, 0.2) is 17.5 Å². The summed E-state index contributed by atoms with van der Waals surface area (Å²) in [6.07, 6.45) is 0. The predicted octanol–water partition coefficient (Wildman–Crippen LogP) is 14.9. The molecule has 2 heterocycles. The van der Waals surface area contributed by atoms with Crippen molar-refractivity contribution < 1.29 is 0 Å². The van der Waals surface area contributed by atoms with E-state index in [1.54, 1.807) is 11.3 Å². The molecule has 0 saturated carbocycles. The minimum Gasteiger partial charge on any atom is -0.208 e. The number of hydrogen-bond donors (Lipinski definition) is 0. The zero-order valence-corrected chi connectivity index (χ0v) is 34.3. The summed E-state index contributed by atoms with van der Waals surface area (Å²) < 4.78 is 2.43. The average Bonchev–Trinajstić information content (AvgIpc) is 3.98. The molecule has 0 saturated heterocycles. The number of hydrogen-bond acceptors (Lipinski definition) is 4. The van der Waals surface area contributed by atoms with Gasteiger partial charge in [-0.2, -0.15) is 0 Å². The summed E-state index contributed by atoms with van der Waals surface area (Å²) in [5.74, 6) is 1.97. The Labute approximate surface area is 363 Å². The number of nitrogens with zero attached hydrogens (tertiary/aromatic N) is 3. The molecule has 0 unspecified atom stereocenters. The molecule has 0 radical (unpaired) electrons. The van der Waals surface area contributed by atoms with E-state index in [0.717, 1.165) is 27.8 Å². The molecule has 2 aromatic heterocycles. The lowest BCUT2D eigenvalue weighted by molar-refractivity contribution is 0.794. The molecule has 0 bridgehead atoms. The van der Waals surface area contributed by atoms with Gasteiger partial charge in [-0.15, -0.1) is 11.3 Å². The van der Waals surface area contributed by atoms with Crippen molar-refractivity contribution in [1.82, 2.24) is 15.0 Å². The molecule has 4 heteroatoms. The molecule has 0 amide bonds. The molecule has 2 aliphatic rings. The van der Waals surface area contributed by atoms with Crippen LogP contribution in [0.4, 0.5) is 0 Å². The number of rotatable bonds is 5. The summed E-state index contributed by atoms with van der Waals surface area (Å²) in [6.45, 7) is 0. The zero-order valence-electron chi connectivity index (χ0n) is 33.5. The van der Waals surface area contributed by atoms with E-state index in [0.29, 0.717) is 17.5 Å². The highest BCUT2D eigenvalue weighted by molar-refractivity contribution is 7.26. The fraction of sp³-hybridized carbons (Fsp3) is 0.0172. The molecular weight excluding hydrogens is 771 g/mol. The van der Waals surface area contributed by atoms with Gasteiger partial charge in [-0.3, -0.25) is 0 Å². The van der Waals surface area contributed by atoms with Crippen LogP contribution in [0.2, 0.25) is 0 Å². The zero-order chi connectivity index (χ0) is 40.8. The Bertz CT molecular complexity index is 3540. The molecule has 0 N–H and O–H groups in total. The van der Waals surface area contributed by atoms with Crippen molar-refractivity contribution in [3.63, 3.8) is 0 Å². The Hall–Kier alpha value is -7.79. The summed E-state index contributed by atoms with van der Waals surface area (Å²) in [7, 11) is 0. The van der Waals surface area contributed by atoms with Crippen LogP contribution in [0.15, 0.2) is 212 Å². The maximum absolute atomic E-state index is 5.22. The lowest BCUT2D eigenvalue weighted by Crippen LogP contribution is -2.25. The van der Waals surface area contributed by atoms with E-state index >= 15 is 0 Å². The Morgan fingerprint density at radius 3 is 1.42 bits per heavy atom. The first-order chi connectivity index (χ1) is 30.7. The maximum Gasteiger partial charge on any atom is 0.165 e. The standard InChI is InChI=1S/C58H35N3S/c1-2-15-36(16-3-1)55-59-56(61-57(60-55)48-26-14-25-47-46-24-7-11-30-53(46)62-54(47)48)41-20-13-19-39(34-41)37-17-12-18-38(33-37)40-31-32-45-44-23-6-10-29-51(44)58(52(45)35-40)49-27-8-4-21-42(49)43-22-5-9-28-50(43)58/h1-35H. The van der Waals surface area contributed by atoms with Gasteiger partial charge in [0.25, 0.3) is 0 Å². The van der Waals surface area contributed by atoms with Crippen LogP contribution in [0, 0.1) is 0 Å². The summed E-state index contributed by atoms with van der Waals surface area (Å²) in [5, 5.41) is 2.47. The topological polar surface area (TPSA) is 38.7 Å². The van der Waals surface area contributed by atoms with Crippen LogP contribution in [0.25, 0.3) is 98.8 Å². The van der Waals surface area contributed by atoms with Crippen LogP contribution in [0.3, 0.4) is 0 Å². The van der Waals surface area contributed by atoms with Crippen molar-refractivity contribution in [2.24, 2.45) is 0 Å². The summed E-state index contributed by atoms with van der Waals surface area (Å²) >= 11 is 1.79. The highest BCUT2D eigenvalue weighted by atomic mass is 32.1. The molecule has 1 spiro atoms. The number of benzene rings is 9. The number of aromatic nitrogens is 3. The smallest absolute Gasteiger partial charge is 0.165 e. The predicted molar refractivity (Wildman–Crippen MR) is 256 cm³/mol. The van der Waals surface area contributed by atoms with Gasteiger partial charge in [-0.1, -0.05) is 182 Å². The van der Waals surface area contributed by atoms with Crippen LogP contribution in [0.1, 0.15) is 22.3 Å². The summed E-state index contributed by atoms with van der Waals surface area (Å²) in [4.78, 5) is 15.5. The SMILES string of the molecule is c1ccc(-c2nc(-c3cccc(-c4cccc(-c5ccc6c(c5)C5(c7ccccc7-c7ccccc75)c5ccccc5-6)c4)c3)nc(-c3cccc4c3sc3ccccc34)n2)cc1. The van der Waals surface area contributed by atoms with Gasteiger partial charge in [-0.05, 0) is 97.1 Å². The molecular formula is C58H35N3S. The lowest BCUT2D eigenvalue weighted by atomic mass is 9.70. The third-order valence-electron chi connectivity index (χ3n) is 13.0. The van der Waals surface area contributed by atoms with E-state index in [4.69, 9.17) is 15.0 Å². The first-order valence-electron chi connectivity index (χ1n) is 21.1. The van der Waals surface area contributed by atoms with Crippen molar-refractivity contribution in [1.29, 1.82) is 0 Å². The maximum atomic E-state index is 5.22. The molecule has 3 nitrogen and oxygen atoms in total. The Morgan fingerprint density at radius 1 is 0.290 bits per heavy atom. The number of fused-ring (bicyclic) bond motifs is 13. The highest BCUT2D eigenvalue weighted by Crippen LogP contribution is 2.63. The molecule has 288 valence electrons. The van der Waals surface area contributed by atoms with E-state index in [2.05, 4.69) is 194 Å². The van der Waals surface area contributed by atoms with Crippen molar-refractivity contribution >= 4 is 31.5 Å². The van der Waals surface area contributed by atoms with Crippen LogP contribution in [0.5, 0.6) is 0 Å². The molecule has 0 atom stereocenters. The van der Waals surface area contributed by atoms with Crippen molar-refractivity contribution in [2.75, 3.05) is 0 Å². The van der Waals surface area contributed by atoms with E-state index in [1.807, 2.05) is 18.2 Å². The minimum absolute atomic E-state index is 0.383. The van der Waals surface area contributed by atoms with Crippen LogP contribution < -0.4 is 0 Å². The van der Waals surface area contributed by atoms with Crippen molar-refractivity contribution in [3.8, 4) is 78.7 Å². The van der Waals surface area contributed by atoms with Gasteiger partial charge >= 0.3 is 0 Å². The van der Waals surface area contributed by atoms with Gasteiger partial charge < -0.3 is 0 Å². The molecule has 11 aromatic rings. The third-order valence-corrected chi connectivity index (χ3v) is 14.2. The largest absolute Gasteiger partial charge is 0.208 e. The van der Waals surface area contributed by atoms with Gasteiger partial charge in [0.1, 0.15) is 0 Å². The monoisotopic (exact) mass is 805 g/mol. The Balaban J connectivity index is 0.928. The number of thiophene rings is 1. The van der Waals surface area contributed by atoms with Crippen molar-refractivity contribution in [3.05, 3.63) is 235 Å². The average molecular weight is 806 g/mol. The van der Waals surface area contributed by atoms with Gasteiger partial charge in [0, 0.05) is 36.9 Å². The fourth-order valence-electron chi connectivity index (χ4n) is 10.3. The molecule has 62 heavy (non-hydrogen) atoms. The Kier molecular flexibility index (Phi) is 7.69. The second kappa shape index (κ2) is 13.6. The van der Waals surface area contributed by atoms with E-state index in [9.17, 15) is 0 Å². The second-order valence-corrected chi connectivity index (χ2v) is 17.3. The molecule has 9 aromatic carbocycles. The quantitative estimate of drug-likeness (QED) is 0.174. The summed E-state index contributed by atoms with van der Waals surface area (Å²) in [5.41, 5.74) is 17.8. The molecule has 0 fully saturated rings. The van der Waals surface area contributed by atoms with Gasteiger partial charge in [-0.25, -0.2) is 15.0 Å². The molecule has 0 aliphatic heterocycles.